The van der Waals surface area contributed by atoms with Gasteiger partial charge in [0.25, 0.3) is 5.91 Å². The van der Waals surface area contributed by atoms with Gasteiger partial charge in [-0.25, -0.2) is 0 Å². The van der Waals surface area contributed by atoms with E-state index in [1.54, 1.807) is 14.2 Å². The normalized spacial score (nSPS) is 19.7. The third-order valence-electron chi connectivity index (χ3n) is 6.16. The zero-order chi connectivity index (χ0) is 21.5. The molecular weight excluding hydrogens is 378 g/mol. The molecular formula is C24H35N3O3+2. The Morgan fingerprint density at radius 1 is 1.03 bits per heavy atom. The first-order chi connectivity index (χ1) is 14.5. The molecule has 1 fully saturated rings. The highest BCUT2D eigenvalue weighted by Crippen LogP contribution is 2.23. The summed E-state index contributed by atoms with van der Waals surface area (Å²) in [5.41, 5.74) is 3.31. The molecule has 0 aromatic heterocycles. The largest absolute Gasteiger partial charge is 0.497 e. The Bertz CT molecular complexity index is 830. The van der Waals surface area contributed by atoms with Gasteiger partial charge < -0.3 is 24.6 Å². The molecule has 0 aliphatic carbocycles. The van der Waals surface area contributed by atoms with Crippen LogP contribution in [-0.4, -0.2) is 52.3 Å². The molecule has 1 heterocycles. The number of methoxy groups -OCH3 is 2. The van der Waals surface area contributed by atoms with E-state index in [0.717, 1.165) is 61.9 Å². The summed E-state index contributed by atoms with van der Waals surface area (Å²) in [6.45, 7) is 9.07. The lowest BCUT2D eigenvalue weighted by molar-refractivity contribution is -1.02. The summed E-state index contributed by atoms with van der Waals surface area (Å²) < 4.78 is 10.9. The number of piperazine rings is 1. The van der Waals surface area contributed by atoms with Gasteiger partial charge in [0.15, 0.2) is 6.04 Å². The van der Waals surface area contributed by atoms with Gasteiger partial charge in [0.1, 0.15) is 44.2 Å². The minimum Gasteiger partial charge on any atom is -0.497 e. The van der Waals surface area contributed by atoms with Crippen LogP contribution in [0.5, 0.6) is 11.5 Å². The molecule has 1 aliphatic heterocycles. The number of anilines is 1. The van der Waals surface area contributed by atoms with Gasteiger partial charge in [0, 0.05) is 5.69 Å². The topological polar surface area (TPSA) is 56.4 Å². The third kappa shape index (κ3) is 5.52. The second-order valence-corrected chi connectivity index (χ2v) is 8.02. The third-order valence-corrected chi connectivity index (χ3v) is 6.16. The van der Waals surface area contributed by atoms with E-state index in [0.29, 0.717) is 0 Å². The molecule has 0 unspecified atom stereocenters. The smallest absolute Gasteiger partial charge is 0.282 e. The van der Waals surface area contributed by atoms with Crippen LogP contribution in [0.1, 0.15) is 25.0 Å². The molecule has 1 saturated heterocycles. The van der Waals surface area contributed by atoms with Crippen LogP contribution in [0.4, 0.5) is 5.69 Å². The number of aryl methyl sites for hydroxylation is 1. The number of nitrogens with one attached hydrogen (secondary N) is 3. The van der Waals surface area contributed by atoms with Gasteiger partial charge in [-0.15, -0.1) is 0 Å². The number of quaternary nitrogens is 2. The Balaban J connectivity index is 1.52. The number of rotatable bonds is 8. The number of benzene rings is 2. The molecule has 0 saturated carbocycles. The number of hydrogen-bond donors (Lipinski definition) is 3. The molecule has 30 heavy (non-hydrogen) atoms. The molecule has 2 aromatic rings. The minimum atomic E-state index is -0.0660. The highest BCUT2D eigenvalue weighted by atomic mass is 16.5. The summed E-state index contributed by atoms with van der Waals surface area (Å²) in [5, 5.41) is 3.07. The molecule has 3 N–H and O–H groups in total. The Morgan fingerprint density at radius 2 is 1.73 bits per heavy atom. The van der Waals surface area contributed by atoms with Gasteiger partial charge in [-0.1, -0.05) is 19.1 Å². The number of carbonyl (C=O) groups excluding carboxylic acids is 1. The number of ether oxygens (including phenoxy) is 2. The molecule has 1 atom stereocenters. The van der Waals surface area contributed by atoms with E-state index in [2.05, 4.69) is 30.4 Å². The van der Waals surface area contributed by atoms with Crippen molar-refractivity contribution >= 4 is 11.6 Å². The fraction of sp³-hybridized carbons (Fsp3) is 0.458. The van der Waals surface area contributed by atoms with Gasteiger partial charge in [0.05, 0.1) is 19.8 Å². The minimum absolute atomic E-state index is 0.0660. The van der Waals surface area contributed by atoms with Crippen LogP contribution in [0, 0.1) is 0 Å². The maximum Gasteiger partial charge on any atom is 0.282 e. The summed E-state index contributed by atoms with van der Waals surface area (Å²) in [6.07, 6.45) is 1.00. The van der Waals surface area contributed by atoms with E-state index in [1.807, 2.05) is 31.2 Å². The van der Waals surface area contributed by atoms with Crippen LogP contribution in [0.15, 0.2) is 42.5 Å². The van der Waals surface area contributed by atoms with Crippen molar-refractivity contribution in [2.24, 2.45) is 0 Å². The van der Waals surface area contributed by atoms with Crippen molar-refractivity contribution in [1.29, 1.82) is 0 Å². The molecule has 6 nitrogen and oxygen atoms in total. The maximum atomic E-state index is 12.7. The van der Waals surface area contributed by atoms with Gasteiger partial charge in [-0.3, -0.25) is 4.79 Å². The lowest BCUT2D eigenvalue weighted by Crippen LogP contribution is -3.29. The van der Waals surface area contributed by atoms with E-state index in [-0.39, 0.29) is 11.9 Å². The van der Waals surface area contributed by atoms with Crippen LogP contribution < -0.4 is 24.6 Å². The van der Waals surface area contributed by atoms with Crippen molar-refractivity contribution in [2.45, 2.75) is 32.9 Å². The summed E-state index contributed by atoms with van der Waals surface area (Å²) in [5.74, 6) is 1.85. The first-order valence-corrected chi connectivity index (χ1v) is 10.8. The average molecular weight is 414 g/mol. The van der Waals surface area contributed by atoms with Crippen LogP contribution in [0.3, 0.4) is 0 Å². The Morgan fingerprint density at radius 3 is 2.33 bits per heavy atom. The lowest BCUT2D eigenvalue weighted by Gasteiger charge is -2.32. The highest BCUT2D eigenvalue weighted by molar-refractivity contribution is 5.93. The quantitative estimate of drug-likeness (QED) is 0.593. The zero-order valence-electron chi connectivity index (χ0n) is 18.6. The van der Waals surface area contributed by atoms with E-state index in [9.17, 15) is 4.79 Å². The van der Waals surface area contributed by atoms with Crippen molar-refractivity contribution in [3.63, 3.8) is 0 Å². The van der Waals surface area contributed by atoms with Crippen LogP contribution >= 0.6 is 0 Å². The van der Waals surface area contributed by atoms with Crippen molar-refractivity contribution < 1.29 is 24.1 Å². The SMILES string of the molecule is CCc1ccc(NC(=O)[C@H](C)[NH+]2CC[NH+](Cc3cc(OC)ccc3OC)CC2)cc1. The average Bonchev–Trinajstić information content (AvgIpc) is 2.79. The number of carbonyl (C=O) groups is 1. The highest BCUT2D eigenvalue weighted by Gasteiger charge is 2.31. The zero-order valence-corrected chi connectivity index (χ0v) is 18.6. The van der Waals surface area contributed by atoms with Gasteiger partial charge in [0.2, 0.25) is 0 Å². The molecule has 6 heteroatoms. The van der Waals surface area contributed by atoms with Crippen molar-refractivity contribution in [2.75, 3.05) is 45.7 Å². The fourth-order valence-electron chi connectivity index (χ4n) is 4.08. The van der Waals surface area contributed by atoms with Crippen molar-refractivity contribution in [1.82, 2.24) is 0 Å². The van der Waals surface area contributed by atoms with Gasteiger partial charge in [-0.2, -0.15) is 0 Å². The van der Waals surface area contributed by atoms with E-state index >= 15 is 0 Å². The Hall–Kier alpha value is -2.57. The van der Waals surface area contributed by atoms with E-state index < -0.39 is 0 Å². The van der Waals surface area contributed by atoms with Crippen LogP contribution in [0.2, 0.25) is 0 Å². The van der Waals surface area contributed by atoms with Crippen LogP contribution in [-0.2, 0) is 17.8 Å². The molecule has 162 valence electrons. The first-order valence-electron chi connectivity index (χ1n) is 10.8. The molecule has 0 bridgehead atoms. The molecule has 2 aromatic carbocycles. The number of hydrogen-bond acceptors (Lipinski definition) is 3. The maximum absolute atomic E-state index is 12.7. The van der Waals surface area contributed by atoms with Gasteiger partial charge in [-0.05, 0) is 49.2 Å². The van der Waals surface area contributed by atoms with Crippen molar-refractivity contribution in [3.05, 3.63) is 53.6 Å². The van der Waals surface area contributed by atoms with Gasteiger partial charge >= 0.3 is 0 Å². The van der Waals surface area contributed by atoms with E-state index in [4.69, 9.17) is 9.47 Å². The molecule has 0 spiro atoms. The van der Waals surface area contributed by atoms with Crippen molar-refractivity contribution in [3.8, 4) is 11.5 Å². The molecule has 0 radical (unpaired) electrons. The standard InChI is InChI=1S/C24H33N3O3/c1-5-19-6-8-21(9-7-19)25-24(28)18(2)27-14-12-26(13-15-27)17-20-16-22(29-3)10-11-23(20)30-4/h6-11,16,18H,5,12-15,17H2,1-4H3,(H,25,28)/p+2/t18-/m0/s1. The lowest BCUT2D eigenvalue weighted by atomic mass is 10.1. The Kier molecular flexibility index (Phi) is 7.71. The Labute approximate surface area is 179 Å². The predicted octanol–water partition coefficient (Wildman–Crippen LogP) is 0.577. The summed E-state index contributed by atoms with van der Waals surface area (Å²) in [6, 6.07) is 14.0. The molecule has 3 rings (SSSR count). The summed E-state index contributed by atoms with van der Waals surface area (Å²) >= 11 is 0. The first kappa shape index (κ1) is 22.1. The monoisotopic (exact) mass is 413 g/mol. The summed E-state index contributed by atoms with van der Waals surface area (Å²) in [7, 11) is 3.39. The summed E-state index contributed by atoms with van der Waals surface area (Å²) in [4.78, 5) is 15.6. The fourth-order valence-corrected chi connectivity index (χ4v) is 4.08. The second kappa shape index (κ2) is 10.5. The van der Waals surface area contributed by atoms with Crippen LogP contribution in [0.25, 0.3) is 0 Å². The van der Waals surface area contributed by atoms with E-state index in [1.165, 1.54) is 15.4 Å². The predicted molar refractivity (Wildman–Crippen MR) is 119 cm³/mol. The molecule has 1 amide bonds. The molecule has 1 aliphatic rings. The number of amides is 1. The second-order valence-electron chi connectivity index (χ2n) is 8.02.